The van der Waals surface area contributed by atoms with E-state index >= 15 is 0 Å². The summed E-state index contributed by atoms with van der Waals surface area (Å²) in [5.74, 6) is 2.58. The van der Waals surface area contributed by atoms with Gasteiger partial charge in [0.05, 0.1) is 10.9 Å². The van der Waals surface area contributed by atoms with E-state index in [2.05, 4.69) is 103 Å². The smallest absolute Gasteiger partial charge is 0.256 e. The zero-order chi connectivity index (χ0) is 23.7. The summed E-state index contributed by atoms with van der Waals surface area (Å²) >= 11 is 0. The second-order valence-electron chi connectivity index (χ2n) is 11.6. The average molecular weight is 439 g/mol. The molecule has 0 amide bonds. The largest absolute Gasteiger partial charge is 0.450 e. The van der Waals surface area contributed by atoms with Crippen LogP contribution in [0.25, 0.3) is 32.9 Å². The molecule has 33 heavy (non-hydrogen) atoms. The lowest BCUT2D eigenvalue weighted by molar-refractivity contribution is -0.633. The number of hydrogen-bond acceptors (Lipinski definition) is 1. The summed E-state index contributed by atoms with van der Waals surface area (Å²) in [6.07, 6.45) is 2.09. The highest BCUT2D eigenvalue weighted by Crippen LogP contribution is 2.49. The van der Waals surface area contributed by atoms with Gasteiger partial charge in [-0.2, -0.15) is 4.57 Å². The van der Waals surface area contributed by atoms with Crippen LogP contribution in [0.3, 0.4) is 0 Å². The van der Waals surface area contributed by atoms with Gasteiger partial charge in [-0.25, -0.2) is 0 Å². The van der Waals surface area contributed by atoms with Gasteiger partial charge in [-0.05, 0) is 71.7 Å². The van der Waals surface area contributed by atoms with E-state index in [1.165, 1.54) is 55.2 Å². The van der Waals surface area contributed by atoms with Crippen LogP contribution in [0.1, 0.15) is 56.9 Å². The average Bonchev–Trinajstić information content (AvgIpc) is 2.70. The monoisotopic (exact) mass is 438 g/mol. The summed E-state index contributed by atoms with van der Waals surface area (Å²) in [6, 6.07) is 16.0. The summed E-state index contributed by atoms with van der Waals surface area (Å²) in [7, 11) is 2.19. The lowest BCUT2D eigenvalue weighted by Gasteiger charge is -2.25. The third-order valence-electron chi connectivity index (χ3n) is 6.98. The van der Waals surface area contributed by atoms with Crippen molar-refractivity contribution < 1.29 is 9.30 Å². The maximum Gasteiger partial charge on any atom is 0.256 e. The molecule has 0 unspecified atom stereocenters. The van der Waals surface area contributed by atoms with Crippen LogP contribution < -0.4 is 9.30 Å². The van der Waals surface area contributed by atoms with E-state index in [0.29, 0.717) is 5.92 Å². The van der Waals surface area contributed by atoms with E-state index in [1.807, 2.05) is 0 Å². The molecule has 0 bridgehead atoms. The Balaban J connectivity index is 1.84. The van der Waals surface area contributed by atoms with E-state index in [4.69, 9.17) is 4.74 Å². The Labute approximate surface area is 198 Å². The van der Waals surface area contributed by atoms with Crippen molar-refractivity contribution in [1.82, 2.24) is 0 Å². The maximum absolute atomic E-state index is 6.73. The van der Waals surface area contributed by atoms with Crippen molar-refractivity contribution in [2.75, 3.05) is 0 Å². The van der Waals surface area contributed by atoms with Crippen molar-refractivity contribution >= 4 is 21.7 Å². The maximum atomic E-state index is 6.73. The first kappa shape index (κ1) is 21.9. The van der Waals surface area contributed by atoms with Crippen molar-refractivity contribution in [3.8, 4) is 22.8 Å². The van der Waals surface area contributed by atoms with Gasteiger partial charge < -0.3 is 4.74 Å². The Bertz CT molecular complexity index is 1420. The van der Waals surface area contributed by atoms with Crippen molar-refractivity contribution in [3.05, 3.63) is 64.7 Å². The van der Waals surface area contributed by atoms with Gasteiger partial charge in [0.2, 0.25) is 5.52 Å². The molecule has 0 saturated carbocycles. The molecule has 1 aliphatic heterocycles. The van der Waals surface area contributed by atoms with Crippen molar-refractivity contribution in [1.29, 1.82) is 0 Å². The number of aryl methyl sites for hydroxylation is 2. The van der Waals surface area contributed by atoms with E-state index < -0.39 is 0 Å². The first-order chi connectivity index (χ1) is 15.5. The Morgan fingerprint density at radius 1 is 0.970 bits per heavy atom. The van der Waals surface area contributed by atoms with Crippen LogP contribution in [0.15, 0.2) is 42.5 Å². The molecule has 0 fully saturated rings. The summed E-state index contributed by atoms with van der Waals surface area (Å²) in [5, 5.41) is 3.82. The topological polar surface area (TPSA) is 13.1 Å². The summed E-state index contributed by atoms with van der Waals surface area (Å²) in [4.78, 5) is 0. The molecule has 0 aliphatic carbocycles. The van der Waals surface area contributed by atoms with Gasteiger partial charge in [-0.3, -0.25) is 0 Å². The molecular weight excluding hydrogens is 402 g/mol. The van der Waals surface area contributed by atoms with Crippen LogP contribution in [0, 0.1) is 25.2 Å². The van der Waals surface area contributed by atoms with Crippen molar-refractivity contribution in [2.45, 2.75) is 61.3 Å². The number of ether oxygens (including phenoxy) is 1. The second-order valence-corrected chi connectivity index (χ2v) is 11.6. The summed E-state index contributed by atoms with van der Waals surface area (Å²) < 4.78 is 9.08. The summed E-state index contributed by atoms with van der Waals surface area (Å²) in [6.45, 7) is 16.0. The number of fused-ring (bicyclic) bond motifs is 3. The van der Waals surface area contributed by atoms with E-state index in [1.54, 1.807) is 0 Å². The second kappa shape index (κ2) is 7.58. The zero-order valence-corrected chi connectivity index (χ0v) is 21.4. The highest BCUT2D eigenvalue weighted by molar-refractivity contribution is 6.05. The van der Waals surface area contributed by atoms with Crippen LogP contribution >= 0.6 is 0 Å². The minimum atomic E-state index is 0.226. The summed E-state index contributed by atoms with van der Waals surface area (Å²) in [5.41, 5.74) is 9.40. The first-order valence-corrected chi connectivity index (χ1v) is 12.2. The molecule has 1 aliphatic rings. The van der Waals surface area contributed by atoms with Gasteiger partial charge in [-0.15, -0.1) is 0 Å². The lowest BCUT2D eigenvalue weighted by atomic mass is 9.85. The van der Waals surface area contributed by atoms with Gasteiger partial charge >= 0.3 is 0 Å². The molecule has 4 aromatic rings. The highest BCUT2D eigenvalue weighted by Gasteiger charge is 2.32. The molecule has 0 radical (unpaired) electrons. The lowest BCUT2D eigenvalue weighted by Crippen LogP contribution is -2.34. The molecule has 1 aromatic heterocycles. The van der Waals surface area contributed by atoms with Crippen molar-refractivity contribution in [2.24, 2.45) is 18.4 Å². The molecule has 3 aromatic carbocycles. The normalized spacial score (nSPS) is 13.0. The molecule has 2 heteroatoms. The number of benzene rings is 3. The molecule has 0 N–H and O–H groups in total. The molecular formula is C31H36NO+. The fourth-order valence-electron chi connectivity index (χ4n) is 5.54. The number of aromatic nitrogens is 1. The minimum absolute atomic E-state index is 0.226. The number of nitrogens with zero attached hydrogens (tertiary/aromatic N) is 1. The van der Waals surface area contributed by atoms with Crippen LogP contribution in [-0.2, 0) is 19.9 Å². The van der Waals surface area contributed by atoms with Crippen LogP contribution in [0.4, 0.5) is 0 Å². The number of hydrogen-bond donors (Lipinski definition) is 0. The third-order valence-corrected chi connectivity index (χ3v) is 6.98. The van der Waals surface area contributed by atoms with E-state index in [0.717, 1.165) is 24.3 Å². The third kappa shape index (κ3) is 3.70. The van der Waals surface area contributed by atoms with Gasteiger partial charge in [-0.1, -0.05) is 58.9 Å². The fraction of sp³-hybridized carbons (Fsp3) is 0.387. The predicted molar refractivity (Wildman–Crippen MR) is 139 cm³/mol. The molecule has 2 nitrogen and oxygen atoms in total. The van der Waals surface area contributed by atoms with Crippen molar-refractivity contribution in [3.63, 3.8) is 0 Å². The molecule has 2 heterocycles. The van der Waals surface area contributed by atoms with Gasteiger partial charge in [0, 0.05) is 17.5 Å². The fourth-order valence-corrected chi connectivity index (χ4v) is 5.54. The quantitative estimate of drug-likeness (QED) is 0.260. The molecule has 0 saturated heterocycles. The molecule has 5 rings (SSSR count). The van der Waals surface area contributed by atoms with Gasteiger partial charge in [0.15, 0.2) is 5.75 Å². The Hall–Kier alpha value is -2.87. The zero-order valence-electron chi connectivity index (χ0n) is 21.4. The molecule has 0 spiro atoms. The van der Waals surface area contributed by atoms with Crippen LogP contribution in [0.2, 0.25) is 0 Å². The first-order valence-electron chi connectivity index (χ1n) is 12.2. The molecule has 170 valence electrons. The molecule has 0 atom stereocenters. The predicted octanol–water partition coefficient (Wildman–Crippen LogP) is 7.99. The van der Waals surface area contributed by atoms with E-state index in [9.17, 15) is 0 Å². The van der Waals surface area contributed by atoms with Crippen LogP contribution in [-0.4, -0.2) is 0 Å². The van der Waals surface area contributed by atoms with Gasteiger partial charge in [0.25, 0.3) is 5.69 Å². The number of pyridine rings is 1. The minimum Gasteiger partial charge on any atom is -0.450 e. The Morgan fingerprint density at radius 3 is 2.42 bits per heavy atom. The SMILES string of the molecule is Cc1cc2cc(CC(C)(C)C)cc3c2c(c1C)-c1c(cc2c(CC(C)C)cccc2[n+]1C)O3. The number of rotatable bonds is 3. The van der Waals surface area contributed by atoms with Gasteiger partial charge in [0.1, 0.15) is 12.8 Å². The Kier molecular flexibility index (Phi) is 5.04. The Morgan fingerprint density at radius 2 is 1.73 bits per heavy atom. The highest BCUT2D eigenvalue weighted by atomic mass is 16.5. The standard InChI is InChI=1S/C31H36NO/c1-18(2)12-22-10-9-11-25-24(22)16-27-30(32(25)8)28-20(4)19(3)13-23-14-21(17-31(5,6)7)15-26(33-27)29(23)28/h9-11,13-16,18H,12,17H2,1-8H3/q+1. The van der Waals surface area contributed by atoms with Crippen LogP contribution in [0.5, 0.6) is 11.5 Å². The van der Waals surface area contributed by atoms with E-state index in [-0.39, 0.29) is 5.41 Å².